The highest BCUT2D eigenvalue weighted by Crippen LogP contribution is 2.12. The molecule has 1 atom stereocenters. The van der Waals surface area contributed by atoms with E-state index in [0.717, 1.165) is 18.0 Å². The fraction of sp³-hybridized carbons (Fsp3) is 0.444. The van der Waals surface area contributed by atoms with Crippen molar-refractivity contribution >= 4 is 22.1 Å². The number of nitrogens with one attached hydrogen (secondary N) is 1. The van der Waals surface area contributed by atoms with Gasteiger partial charge in [0.05, 0.1) is 5.56 Å². The van der Waals surface area contributed by atoms with Crippen LogP contribution in [0.2, 0.25) is 0 Å². The van der Waals surface area contributed by atoms with Crippen LogP contribution in [0.25, 0.3) is 0 Å². The lowest BCUT2D eigenvalue weighted by Crippen LogP contribution is -2.19. The first kappa shape index (κ1) is 11.4. The Hall–Kier alpha value is -0.700. The number of nitrogens with zero attached hydrogens (tertiary/aromatic N) is 1. The Kier molecular flexibility index (Phi) is 4.80. The van der Waals surface area contributed by atoms with Gasteiger partial charge in [0.1, 0.15) is 6.07 Å². The molecule has 1 N–H and O–H groups in total. The Morgan fingerprint density at radius 3 is 3.07 bits per heavy atom. The Morgan fingerprint density at radius 2 is 2.50 bits per heavy atom. The first-order valence-corrected chi connectivity index (χ1v) is 6.81. The zero-order chi connectivity index (χ0) is 10.4. The van der Waals surface area contributed by atoms with Crippen molar-refractivity contribution in [3.05, 3.63) is 21.9 Å². The molecule has 0 bridgehead atoms. The molecule has 0 spiro atoms. The number of thiophene rings is 1. The summed E-state index contributed by atoms with van der Waals surface area (Å²) >= 11 is 1.57. The van der Waals surface area contributed by atoms with Gasteiger partial charge in [-0.15, -0.1) is 11.3 Å². The van der Waals surface area contributed by atoms with Crippen LogP contribution < -0.4 is 5.32 Å². The number of rotatable bonds is 5. The molecule has 0 saturated carbocycles. The summed E-state index contributed by atoms with van der Waals surface area (Å²) in [5.74, 6) is 0.677. The van der Waals surface area contributed by atoms with E-state index >= 15 is 0 Å². The standard InChI is InChI=1S/C9H12N2OS2/c1-14(12)3-2-11-6-9-4-8(5-10)7-13-9/h4,7,11H,2-3,6H2,1H3. The molecule has 0 saturated heterocycles. The van der Waals surface area contributed by atoms with Crippen molar-refractivity contribution in [2.45, 2.75) is 6.54 Å². The Labute approximate surface area is 90.2 Å². The first-order chi connectivity index (χ1) is 6.72. The van der Waals surface area contributed by atoms with E-state index in [2.05, 4.69) is 11.4 Å². The first-order valence-electron chi connectivity index (χ1n) is 4.20. The van der Waals surface area contributed by atoms with Gasteiger partial charge >= 0.3 is 0 Å². The summed E-state index contributed by atoms with van der Waals surface area (Å²) in [6, 6.07) is 3.97. The maximum Gasteiger partial charge on any atom is 0.100 e. The van der Waals surface area contributed by atoms with E-state index in [4.69, 9.17) is 5.26 Å². The van der Waals surface area contributed by atoms with Crippen LogP contribution in [-0.4, -0.2) is 22.8 Å². The van der Waals surface area contributed by atoms with Crippen LogP contribution in [0.4, 0.5) is 0 Å². The fourth-order valence-corrected chi connectivity index (χ4v) is 2.17. The van der Waals surface area contributed by atoms with Crippen molar-refractivity contribution in [3.63, 3.8) is 0 Å². The highest BCUT2D eigenvalue weighted by atomic mass is 32.2. The summed E-state index contributed by atoms with van der Waals surface area (Å²) in [6.45, 7) is 1.51. The van der Waals surface area contributed by atoms with Crippen LogP contribution in [-0.2, 0) is 17.3 Å². The summed E-state index contributed by atoms with van der Waals surface area (Å²) in [7, 11) is -0.731. The lowest BCUT2D eigenvalue weighted by molar-refractivity contribution is 0.678. The Balaban J connectivity index is 2.25. The summed E-state index contributed by atoms with van der Waals surface area (Å²) in [5, 5.41) is 13.6. The van der Waals surface area contributed by atoms with Gasteiger partial charge in [0.25, 0.3) is 0 Å². The smallest absolute Gasteiger partial charge is 0.100 e. The van der Waals surface area contributed by atoms with Crippen molar-refractivity contribution in [1.82, 2.24) is 5.32 Å². The third-order valence-corrected chi connectivity index (χ3v) is 3.36. The highest BCUT2D eigenvalue weighted by molar-refractivity contribution is 7.84. The second kappa shape index (κ2) is 5.91. The molecule has 1 unspecified atom stereocenters. The third kappa shape index (κ3) is 4.01. The van der Waals surface area contributed by atoms with Gasteiger partial charge < -0.3 is 5.32 Å². The molecule has 0 aromatic carbocycles. The average Bonchev–Trinajstić information content (AvgIpc) is 2.60. The molecule has 0 aliphatic rings. The molecule has 0 aliphatic carbocycles. The van der Waals surface area contributed by atoms with E-state index in [0.29, 0.717) is 11.3 Å². The third-order valence-electron chi connectivity index (χ3n) is 1.65. The van der Waals surface area contributed by atoms with Crippen molar-refractivity contribution in [1.29, 1.82) is 5.26 Å². The minimum Gasteiger partial charge on any atom is -0.311 e. The number of hydrogen-bond donors (Lipinski definition) is 1. The summed E-state index contributed by atoms with van der Waals surface area (Å²) in [6.07, 6.45) is 1.70. The van der Waals surface area contributed by atoms with Crippen molar-refractivity contribution in [2.75, 3.05) is 18.6 Å². The molecule has 0 radical (unpaired) electrons. The van der Waals surface area contributed by atoms with Crippen molar-refractivity contribution < 1.29 is 4.21 Å². The van der Waals surface area contributed by atoms with E-state index in [1.54, 1.807) is 17.6 Å². The van der Waals surface area contributed by atoms with Gasteiger partial charge in [-0.2, -0.15) is 5.26 Å². The van der Waals surface area contributed by atoms with Crippen LogP contribution in [0.5, 0.6) is 0 Å². The van der Waals surface area contributed by atoms with Crippen LogP contribution in [0.3, 0.4) is 0 Å². The molecule has 1 heterocycles. The lowest BCUT2D eigenvalue weighted by atomic mass is 10.3. The van der Waals surface area contributed by atoms with Gasteiger partial charge in [-0.3, -0.25) is 4.21 Å². The van der Waals surface area contributed by atoms with Gasteiger partial charge in [0.15, 0.2) is 0 Å². The minimum absolute atomic E-state index is 0.677. The number of nitriles is 1. The molecule has 3 nitrogen and oxygen atoms in total. The monoisotopic (exact) mass is 228 g/mol. The van der Waals surface area contributed by atoms with Gasteiger partial charge in [0.2, 0.25) is 0 Å². The maximum absolute atomic E-state index is 10.7. The molecule has 0 amide bonds. The molecular weight excluding hydrogens is 216 g/mol. The topological polar surface area (TPSA) is 52.9 Å². The van der Waals surface area contributed by atoms with Crippen LogP contribution in [0.1, 0.15) is 10.4 Å². The average molecular weight is 228 g/mol. The SMILES string of the molecule is CS(=O)CCNCc1cc(C#N)cs1. The van der Waals surface area contributed by atoms with E-state index in [-0.39, 0.29) is 0 Å². The van der Waals surface area contributed by atoms with Crippen molar-refractivity contribution in [2.24, 2.45) is 0 Å². The number of hydrogen-bond acceptors (Lipinski definition) is 4. The minimum atomic E-state index is -0.731. The molecule has 5 heteroatoms. The molecular formula is C9H12N2OS2. The molecule has 0 aliphatic heterocycles. The van der Waals surface area contributed by atoms with Gasteiger partial charge in [-0.1, -0.05) is 0 Å². The molecule has 1 rings (SSSR count). The Bertz CT molecular complexity index is 354. The van der Waals surface area contributed by atoms with Crippen LogP contribution in [0.15, 0.2) is 11.4 Å². The summed E-state index contributed by atoms with van der Waals surface area (Å²) < 4.78 is 10.7. The van der Waals surface area contributed by atoms with Gasteiger partial charge in [-0.25, -0.2) is 0 Å². The van der Waals surface area contributed by atoms with Crippen molar-refractivity contribution in [3.8, 4) is 6.07 Å². The lowest BCUT2D eigenvalue weighted by Gasteiger charge is -1.99. The fourth-order valence-electron chi connectivity index (χ4n) is 0.959. The second-order valence-corrected chi connectivity index (χ2v) is 5.42. The van der Waals surface area contributed by atoms with Gasteiger partial charge in [0, 0.05) is 46.2 Å². The van der Waals surface area contributed by atoms with Crippen LogP contribution >= 0.6 is 11.3 Å². The van der Waals surface area contributed by atoms with Gasteiger partial charge in [-0.05, 0) is 6.07 Å². The molecule has 1 aromatic rings. The van der Waals surface area contributed by atoms with E-state index in [1.807, 2.05) is 11.4 Å². The van der Waals surface area contributed by atoms with Crippen LogP contribution in [0, 0.1) is 11.3 Å². The molecule has 14 heavy (non-hydrogen) atoms. The predicted octanol–water partition coefficient (Wildman–Crippen LogP) is 1.09. The largest absolute Gasteiger partial charge is 0.311 e. The molecule has 0 fully saturated rings. The predicted molar refractivity (Wildman–Crippen MR) is 59.7 cm³/mol. The molecule has 1 aromatic heterocycles. The Morgan fingerprint density at radius 1 is 1.71 bits per heavy atom. The van der Waals surface area contributed by atoms with E-state index in [9.17, 15) is 4.21 Å². The summed E-state index contributed by atoms with van der Waals surface area (Å²) in [4.78, 5) is 1.14. The second-order valence-electron chi connectivity index (χ2n) is 2.87. The van der Waals surface area contributed by atoms with E-state index < -0.39 is 10.8 Å². The zero-order valence-electron chi connectivity index (χ0n) is 7.95. The quantitative estimate of drug-likeness (QED) is 0.767. The highest BCUT2D eigenvalue weighted by Gasteiger charge is 1.98. The maximum atomic E-state index is 10.7. The molecule has 76 valence electrons. The zero-order valence-corrected chi connectivity index (χ0v) is 9.58. The normalized spacial score (nSPS) is 12.3. The summed E-state index contributed by atoms with van der Waals surface area (Å²) in [5.41, 5.74) is 0.714. The van der Waals surface area contributed by atoms with E-state index in [1.165, 1.54) is 0 Å².